The molecule has 0 fully saturated rings. The van der Waals surface area contributed by atoms with E-state index in [0.29, 0.717) is 5.56 Å². The topological polar surface area (TPSA) is 99.5 Å². The predicted molar refractivity (Wildman–Crippen MR) is 164 cm³/mol. The molecule has 0 radical (unpaired) electrons. The molecule has 2 heterocycles. The van der Waals surface area contributed by atoms with E-state index in [1.807, 2.05) is 97.2 Å². The lowest BCUT2D eigenvalue weighted by atomic mass is 9.70. The van der Waals surface area contributed by atoms with Crippen LogP contribution in [0, 0.1) is 17.2 Å². The van der Waals surface area contributed by atoms with Crippen LogP contribution in [0.4, 0.5) is 0 Å². The highest BCUT2D eigenvalue weighted by Gasteiger charge is 2.51. The summed E-state index contributed by atoms with van der Waals surface area (Å²) in [7, 11) is 1.63. The van der Waals surface area contributed by atoms with E-state index in [1.165, 1.54) is 16.2 Å². The Morgan fingerprint density at radius 3 is 2.49 bits per heavy atom. The van der Waals surface area contributed by atoms with Crippen molar-refractivity contribution in [3.63, 3.8) is 0 Å². The fourth-order valence-electron chi connectivity index (χ4n) is 5.40. The molecular formula is C34H30N4O2S. The number of carbonyl (C=O) groups is 2. The lowest BCUT2D eigenvalue weighted by Gasteiger charge is -2.43. The molecule has 1 aliphatic heterocycles. The van der Waals surface area contributed by atoms with Gasteiger partial charge in [-0.15, -0.1) is 11.3 Å². The number of rotatable bonds is 8. The quantitative estimate of drug-likeness (QED) is 0.254. The van der Waals surface area contributed by atoms with E-state index in [0.717, 1.165) is 27.1 Å². The third kappa shape index (κ3) is 5.74. The Labute approximate surface area is 244 Å². The normalized spacial score (nSPS) is 19.5. The smallest absolute Gasteiger partial charge is 0.235 e. The highest BCUT2D eigenvalue weighted by atomic mass is 32.1. The molecular weight excluding hydrogens is 528 g/mol. The van der Waals surface area contributed by atoms with Crippen molar-refractivity contribution in [1.82, 2.24) is 4.90 Å². The number of hydrogen-bond acceptors (Lipinski definition) is 6. The Morgan fingerprint density at radius 1 is 1.07 bits per heavy atom. The van der Waals surface area contributed by atoms with Crippen LogP contribution in [0.15, 0.2) is 107 Å². The van der Waals surface area contributed by atoms with Gasteiger partial charge in [-0.3, -0.25) is 14.5 Å². The lowest BCUT2D eigenvalue weighted by Crippen LogP contribution is -2.55. The molecule has 41 heavy (non-hydrogen) atoms. The Morgan fingerprint density at radius 2 is 1.78 bits per heavy atom. The van der Waals surface area contributed by atoms with E-state index in [2.05, 4.69) is 6.07 Å². The first-order chi connectivity index (χ1) is 19.8. The van der Waals surface area contributed by atoms with Gasteiger partial charge in [0.25, 0.3) is 0 Å². The Kier molecular flexibility index (Phi) is 7.95. The zero-order valence-electron chi connectivity index (χ0n) is 22.9. The van der Waals surface area contributed by atoms with E-state index < -0.39 is 17.4 Å². The summed E-state index contributed by atoms with van der Waals surface area (Å²) in [5, 5.41) is 11.4. The van der Waals surface area contributed by atoms with Crippen molar-refractivity contribution in [2.24, 2.45) is 16.6 Å². The summed E-state index contributed by atoms with van der Waals surface area (Å²) < 4.78 is 0. The second-order valence-corrected chi connectivity index (χ2v) is 11.2. The standard InChI is InChI=1S/C34H30N4O2S/c1-34(30-19-27(22-41-30)26-15-9-12-24(18-26)21-35)31(32(40)38(2)33(36)37-34)29(25-13-7-4-8-14-25)20-28(39)17-16-23-10-5-3-6-11-23/h3-19,22,29,31H,20H2,1-2H3,(H2,36,37)/t29?,31-,34-/m1/s1. The maximum absolute atomic E-state index is 14.1. The zero-order chi connectivity index (χ0) is 29.0. The molecule has 0 bridgehead atoms. The maximum atomic E-state index is 14.1. The van der Waals surface area contributed by atoms with Crippen LogP contribution in [-0.2, 0) is 15.1 Å². The molecule has 204 valence electrons. The molecule has 1 aromatic heterocycles. The molecule has 0 saturated carbocycles. The number of ketones is 1. The number of aliphatic imine (C=N–C) groups is 1. The summed E-state index contributed by atoms with van der Waals surface area (Å²) in [6, 6.07) is 30.9. The number of allylic oxidation sites excluding steroid dienone is 1. The van der Waals surface area contributed by atoms with E-state index in [4.69, 9.17) is 10.7 Å². The van der Waals surface area contributed by atoms with Crippen LogP contribution in [-0.4, -0.2) is 29.6 Å². The van der Waals surface area contributed by atoms with Gasteiger partial charge in [-0.1, -0.05) is 78.9 Å². The van der Waals surface area contributed by atoms with Crippen molar-refractivity contribution >= 4 is 35.1 Å². The second-order valence-electron chi connectivity index (χ2n) is 10.3. The van der Waals surface area contributed by atoms with Gasteiger partial charge in [0.2, 0.25) is 5.91 Å². The molecule has 2 N–H and O–H groups in total. The van der Waals surface area contributed by atoms with Crippen LogP contribution < -0.4 is 5.73 Å². The first-order valence-corrected chi connectivity index (χ1v) is 14.2. The summed E-state index contributed by atoms with van der Waals surface area (Å²) >= 11 is 1.50. The molecule has 0 spiro atoms. The van der Waals surface area contributed by atoms with Crippen LogP contribution in [0.25, 0.3) is 17.2 Å². The number of amides is 1. The minimum absolute atomic E-state index is 0.0804. The zero-order valence-corrected chi connectivity index (χ0v) is 23.7. The molecule has 3 atom stereocenters. The van der Waals surface area contributed by atoms with Crippen molar-refractivity contribution in [2.75, 3.05) is 7.05 Å². The first kappa shape index (κ1) is 27.8. The number of hydrogen-bond donors (Lipinski definition) is 1. The van der Waals surface area contributed by atoms with E-state index >= 15 is 0 Å². The fraction of sp³-hybridized carbons (Fsp3) is 0.176. The van der Waals surface area contributed by atoms with Gasteiger partial charge in [0.15, 0.2) is 11.7 Å². The molecule has 4 aromatic rings. The van der Waals surface area contributed by atoms with Crippen LogP contribution in [0.5, 0.6) is 0 Å². The number of thiophene rings is 1. The monoisotopic (exact) mass is 558 g/mol. The summed E-state index contributed by atoms with van der Waals surface area (Å²) in [5.74, 6) is -1.27. The average Bonchev–Trinajstić information content (AvgIpc) is 3.51. The van der Waals surface area contributed by atoms with Gasteiger partial charge in [0.1, 0.15) is 5.54 Å². The first-order valence-electron chi connectivity index (χ1n) is 13.3. The van der Waals surface area contributed by atoms with Crippen LogP contribution >= 0.6 is 11.3 Å². The van der Waals surface area contributed by atoms with Gasteiger partial charge in [0.05, 0.1) is 17.6 Å². The highest BCUT2D eigenvalue weighted by Crippen LogP contribution is 2.49. The molecule has 7 heteroatoms. The number of nitrogens with zero attached hydrogens (tertiary/aromatic N) is 3. The highest BCUT2D eigenvalue weighted by molar-refractivity contribution is 7.10. The van der Waals surface area contributed by atoms with Gasteiger partial charge in [-0.2, -0.15) is 5.26 Å². The predicted octanol–water partition coefficient (Wildman–Crippen LogP) is 6.36. The molecule has 3 aromatic carbocycles. The number of nitrogens with two attached hydrogens (primary N) is 1. The van der Waals surface area contributed by atoms with E-state index in [9.17, 15) is 14.9 Å². The molecule has 0 aliphatic carbocycles. The Hall–Kier alpha value is -4.80. The minimum Gasteiger partial charge on any atom is -0.369 e. The van der Waals surface area contributed by atoms with Crippen molar-refractivity contribution in [3.05, 3.63) is 124 Å². The summed E-state index contributed by atoms with van der Waals surface area (Å²) in [4.78, 5) is 34.6. The summed E-state index contributed by atoms with van der Waals surface area (Å²) in [6.45, 7) is 1.93. The molecule has 0 saturated heterocycles. The van der Waals surface area contributed by atoms with Crippen LogP contribution in [0.2, 0.25) is 0 Å². The number of guanidine groups is 1. The summed E-state index contributed by atoms with van der Waals surface area (Å²) in [5.41, 5.74) is 9.51. The van der Waals surface area contributed by atoms with Crippen LogP contribution in [0.3, 0.4) is 0 Å². The molecule has 1 unspecified atom stereocenters. The Bertz CT molecular complexity index is 1670. The third-order valence-corrected chi connectivity index (χ3v) is 8.79. The maximum Gasteiger partial charge on any atom is 0.235 e. The Balaban J connectivity index is 1.57. The van der Waals surface area contributed by atoms with Gasteiger partial charge < -0.3 is 5.73 Å². The van der Waals surface area contributed by atoms with Gasteiger partial charge >= 0.3 is 0 Å². The number of benzene rings is 3. The molecule has 1 amide bonds. The van der Waals surface area contributed by atoms with Crippen molar-refractivity contribution in [2.45, 2.75) is 24.8 Å². The summed E-state index contributed by atoms with van der Waals surface area (Å²) in [6.07, 6.45) is 3.52. The second kappa shape index (κ2) is 11.7. The minimum atomic E-state index is -1.02. The van der Waals surface area contributed by atoms with Crippen LogP contribution in [0.1, 0.15) is 40.8 Å². The lowest BCUT2D eigenvalue weighted by molar-refractivity contribution is -0.135. The molecule has 1 aliphatic rings. The number of carbonyl (C=O) groups excluding carboxylic acids is 2. The molecule has 6 nitrogen and oxygen atoms in total. The van der Waals surface area contributed by atoms with E-state index in [-0.39, 0.29) is 24.1 Å². The number of nitriles is 1. The van der Waals surface area contributed by atoms with Crippen molar-refractivity contribution in [1.29, 1.82) is 5.26 Å². The van der Waals surface area contributed by atoms with Crippen molar-refractivity contribution in [3.8, 4) is 17.2 Å². The average molecular weight is 559 g/mol. The van der Waals surface area contributed by atoms with Gasteiger partial charge in [-0.05, 0) is 58.8 Å². The SMILES string of the molecule is CN1C(=O)[C@@H](C(CC(=O)C=Cc2ccccc2)c2ccccc2)[C@@](C)(c2cc(-c3cccc(C#N)c3)cs2)N=C1N. The fourth-order valence-corrected chi connectivity index (χ4v) is 6.47. The van der Waals surface area contributed by atoms with E-state index in [1.54, 1.807) is 25.3 Å². The van der Waals surface area contributed by atoms with Crippen molar-refractivity contribution < 1.29 is 9.59 Å². The third-order valence-electron chi connectivity index (χ3n) is 7.63. The van der Waals surface area contributed by atoms with Gasteiger partial charge in [-0.25, -0.2) is 4.99 Å². The van der Waals surface area contributed by atoms with Gasteiger partial charge in [0, 0.05) is 24.3 Å². The largest absolute Gasteiger partial charge is 0.369 e. The molecule has 5 rings (SSSR count).